The SMILES string of the molecule is O=C(CCC1CCCC1)N(CCO)C1CC1. The Morgan fingerprint density at radius 1 is 1.19 bits per heavy atom. The van der Waals surface area contributed by atoms with Gasteiger partial charge in [0.15, 0.2) is 0 Å². The molecule has 0 unspecified atom stereocenters. The highest BCUT2D eigenvalue weighted by atomic mass is 16.3. The molecule has 0 spiro atoms. The quantitative estimate of drug-likeness (QED) is 0.750. The van der Waals surface area contributed by atoms with Gasteiger partial charge in [0.05, 0.1) is 6.61 Å². The van der Waals surface area contributed by atoms with Crippen molar-refractivity contribution in [1.29, 1.82) is 0 Å². The molecule has 0 aromatic heterocycles. The maximum Gasteiger partial charge on any atom is 0.222 e. The van der Waals surface area contributed by atoms with Crippen molar-refractivity contribution in [2.45, 2.75) is 57.4 Å². The lowest BCUT2D eigenvalue weighted by Crippen LogP contribution is -2.35. The van der Waals surface area contributed by atoms with E-state index in [-0.39, 0.29) is 12.5 Å². The Labute approximate surface area is 97.8 Å². The fourth-order valence-electron chi connectivity index (χ4n) is 2.78. The molecule has 2 aliphatic carbocycles. The average molecular weight is 225 g/mol. The Balaban J connectivity index is 1.71. The maximum atomic E-state index is 12.0. The molecule has 3 heteroatoms. The molecule has 16 heavy (non-hydrogen) atoms. The number of carbonyl (C=O) groups excluding carboxylic acids is 1. The van der Waals surface area contributed by atoms with Gasteiger partial charge in [0.1, 0.15) is 0 Å². The molecule has 0 aliphatic heterocycles. The van der Waals surface area contributed by atoms with Crippen molar-refractivity contribution in [3.8, 4) is 0 Å². The van der Waals surface area contributed by atoms with Crippen LogP contribution >= 0.6 is 0 Å². The lowest BCUT2D eigenvalue weighted by atomic mass is 10.0. The topological polar surface area (TPSA) is 40.5 Å². The van der Waals surface area contributed by atoms with E-state index in [1.54, 1.807) is 0 Å². The summed E-state index contributed by atoms with van der Waals surface area (Å²) in [5, 5.41) is 8.95. The monoisotopic (exact) mass is 225 g/mol. The highest BCUT2D eigenvalue weighted by Gasteiger charge is 2.32. The molecule has 0 saturated heterocycles. The highest BCUT2D eigenvalue weighted by molar-refractivity contribution is 5.76. The van der Waals surface area contributed by atoms with Gasteiger partial charge < -0.3 is 10.0 Å². The van der Waals surface area contributed by atoms with Crippen LogP contribution in [0.3, 0.4) is 0 Å². The largest absolute Gasteiger partial charge is 0.395 e. The molecule has 0 heterocycles. The van der Waals surface area contributed by atoms with E-state index in [1.807, 2.05) is 4.90 Å². The third-order valence-corrected chi connectivity index (χ3v) is 3.89. The summed E-state index contributed by atoms with van der Waals surface area (Å²) >= 11 is 0. The third-order valence-electron chi connectivity index (χ3n) is 3.89. The van der Waals surface area contributed by atoms with Crippen LogP contribution in [0.25, 0.3) is 0 Å². The number of aliphatic hydroxyl groups is 1. The van der Waals surface area contributed by atoms with Gasteiger partial charge in [-0.05, 0) is 25.2 Å². The second kappa shape index (κ2) is 5.67. The zero-order chi connectivity index (χ0) is 11.4. The van der Waals surface area contributed by atoms with Crippen LogP contribution in [0.15, 0.2) is 0 Å². The Kier molecular flexibility index (Phi) is 4.22. The summed E-state index contributed by atoms with van der Waals surface area (Å²) in [5.41, 5.74) is 0. The van der Waals surface area contributed by atoms with Gasteiger partial charge >= 0.3 is 0 Å². The number of hydrogen-bond donors (Lipinski definition) is 1. The molecule has 0 aromatic carbocycles. The summed E-state index contributed by atoms with van der Waals surface area (Å²) in [6, 6.07) is 0.447. The van der Waals surface area contributed by atoms with Crippen molar-refractivity contribution < 1.29 is 9.90 Å². The molecule has 2 rings (SSSR count). The van der Waals surface area contributed by atoms with Crippen LogP contribution in [-0.2, 0) is 4.79 Å². The summed E-state index contributed by atoms with van der Waals surface area (Å²) in [4.78, 5) is 13.9. The molecule has 1 N–H and O–H groups in total. The minimum Gasteiger partial charge on any atom is -0.395 e. The van der Waals surface area contributed by atoms with E-state index in [0.29, 0.717) is 19.0 Å². The summed E-state index contributed by atoms with van der Waals surface area (Å²) in [5.74, 6) is 1.06. The molecular formula is C13H23NO2. The zero-order valence-electron chi connectivity index (χ0n) is 10.0. The number of rotatable bonds is 6. The van der Waals surface area contributed by atoms with Crippen LogP contribution < -0.4 is 0 Å². The van der Waals surface area contributed by atoms with E-state index in [4.69, 9.17) is 5.11 Å². The van der Waals surface area contributed by atoms with Gasteiger partial charge in [-0.15, -0.1) is 0 Å². The van der Waals surface area contributed by atoms with E-state index in [1.165, 1.54) is 25.7 Å². The number of hydrogen-bond acceptors (Lipinski definition) is 2. The highest BCUT2D eigenvalue weighted by Crippen LogP contribution is 2.30. The Morgan fingerprint density at radius 2 is 1.88 bits per heavy atom. The first-order valence-corrected chi connectivity index (χ1v) is 6.71. The lowest BCUT2D eigenvalue weighted by molar-refractivity contribution is -0.132. The lowest BCUT2D eigenvalue weighted by Gasteiger charge is -2.22. The van der Waals surface area contributed by atoms with Crippen molar-refractivity contribution in [2.24, 2.45) is 5.92 Å². The van der Waals surface area contributed by atoms with Gasteiger partial charge in [0.2, 0.25) is 5.91 Å². The van der Waals surface area contributed by atoms with Crippen LogP contribution in [0.4, 0.5) is 0 Å². The number of aliphatic hydroxyl groups excluding tert-OH is 1. The molecule has 92 valence electrons. The number of amides is 1. The summed E-state index contributed by atoms with van der Waals surface area (Å²) in [6.45, 7) is 0.639. The molecular weight excluding hydrogens is 202 g/mol. The first-order valence-electron chi connectivity index (χ1n) is 6.71. The summed E-state index contributed by atoms with van der Waals surface area (Å²) in [6.07, 6.45) is 9.36. The zero-order valence-corrected chi connectivity index (χ0v) is 10.0. The molecule has 3 nitrogen and oxygen atoms in total. The molecule has 2 aliphatic rings. The molecule has 0 atom stereocenters. The predicted octanol–water partition coefficient (Wildman–Crippen LogP) is 1.94. The van der Waals surface area contributed by atoms with Crippen molar-refractivity contribution in [3.63, 3.8) is 0 Å². The van der Waals surface area contributed by atoms with Gasteiger partial charge in [0, 0.05) is 19.0 Å². The molecule has 2 saturated carbocycles. The minimum atomic E-state index is 0.103. The van der Waals surface area contributed by atoms with Crippen LogP contribution in [-0.4, -0.2) is 35.1 Å². The normalized spacial score (nSPS) is 21.3. The first-order chi connectivity index (χ1) is 7.81. The summed E-state index contributed by atoms with van der Waals surface area (Å²) < 4.78 is 0. The van der Waals surface area contributed by atoms with Crippen molar-refractivity contribution >= 4 is 5.91 Å². The van der Waals surface area contributed by atoms with E-state index in [9.17, 15) is 4.79 Å². The van der Waals surface area contributed by atoms with Crippen molar-refractivity contribution in [3.05, 3.63) is 0 Å². The van der Waals surface area contributed by atoms with Gasteiger partial charge in [-0.1, -0.05) is 25.7 Å². The summed E-state index contributed by atoms with van der Waals surface area (Å²) in [7, 11) is 0. The van der Waals surface area contributed by atoms with E-state index in [0.717, 1.165) is 25.2 Å². The van der Waals surface area contributed by atoms with E-state index >= 15 is 0 Å². The van der Waals surface area contributed by atoms with Crippen molar-refractivity contribution in [1.82, 2.24) is 4.90 Å². The number of carbonyl (C=O) groups is 1. The Hall–Kier alpha value is -0.570. The third kappa shape index (κ3) is 3.21. The van der Waals surface area contributed by atoms with Gasteiger partial charge in [-0.25, -0.2) is 0 Å². The standard InChI is InChI=1S/C13H23NO2/c15-10-9-14(12-6-7-12)13(16)8-5-11-3-1-2-4-11/h11-12,15H,1-10H2. The number of nitrogens with zero attached hydrogens (tertiary/aromatic N) is 1. The van der Waals surface area contributed by atoms with Crippen molar-refractivity contribution in [2.75, 3.05) is 13.2 Å². The average Bonchev–Trinajstić information content (AvgIpc) is 2.99. The maximum absolute atomic E-state index is 12.0. The minimum absolute atomic E-state index is 0.103. The Bertz CT molecular complexity index is 232. The van der Waals surface area contributed by atoms with Gasteiger partial charge in [-0.3, -0.25) is 4.79 Å². The Morgan fingerprint density at radius 3 is 2.44 bits per heavy atom. The molecule has 1 amide bonds. The second-order valence-electron chi connectivity index (χ2n) is 5.23. The fourth-order valence-corrected chi connectivity index (χ4v) is 2.78. The molecule has 0 aromatic rings. The fraction of sp³-hybridized carbons (Fsp3) is 0.923. The second-order valence-corrected chi connectivity index (χ2v) is 5.23. The van der Waals surface area contributed by atoms with Gasteiger partial charge in [-0.2, -0.15) is 0 Å². The van der Waals surface area contributed by atoms with E-state index < -0.39 is 0 Å². The molecule has 0 bridgehead atoms. The molecule has 2 fully saturated rings. The van der Waals surface area contributed by atoms with Crippen LogP contribution in [0.2, 0.25) is 0 Å². The van der Waals surface area contributed by atoms with Crippen LogP contribution in [0, 0.1) is 5.92 Å². The smallest absolute Gasteiger partial charge is 0.222 e. The predicted molar refractivity (Wildman–Crippen MR) is 63.0 cm³/mol. The first kappa shape index (κ1) is 11.9. The van der Waals surface area contributed by atoms with Crippen LogP contribution in [0.1, 0.15) is 51.4 Å². The molecule has 0 radical (unpaired) electrons. The van der Waals surface area contributed by atoms with Gasteiger partial charge in [0.25, 0.3) is 0 Å². The van der Waals surface area contributed by atoms with E-state index in [2.05, 4.69) is 0 Å². The van der Waals surface area contributed by atoms with Crippen LogP contribution in [0.5, 0.6) is 0 Å².